The predicted molar refractivity (Wildman–Crippen MR) is 108 cm³/mol. The zero-order valence-electron chi connectivity index (χ0n) is 14.0. The van der Waals surface area contributed by atoms with Gasteiger partial charge in [0.15, 0.2) is 5.60 Å². The molecule has 3 N–H and O–H groups in total. The molecule has 26 heavy (non-hydrogen) atoms. The lowest BCUT2D eigenvalue weighted by Gasteiger charge is -2.28. The second-order valence-corrected chi connectivity index (χ2v) is 7.43. The molecule has 1 atom stereocenters. The summed E-state index contributed by atoms with van der Waals surface area (Å²) >= 11 is 18.1. The lowest BCUT2D eigenvalue weighted by atomic mass is 9.86. The van der Waals surface area contributed by atoms with Crippen LogP contribution in [0.3, 0.4) is 0 Å². The van der Waals surface area contributed by atoms with Crippen molar-refractivity contribution in [3.63, 3.8) is 0 Å². The fourth-order valence-electron chi connectivity index (χ4n) is 2.96. The number of nitrogens with two attached hydrogens (primary N) is 1. The van der Waals surface area contributed by atoms with Crippen molar-refractivity contribution in [2.75, 3.05) is 6.54 Å². The van der Waals surface area contributed by atoms with Crippen LogP contribution in [0.1, 0.15) is 16.7 Å². The van der Waals surface area contributed by atoms with E-state index in [1.54, 1.807) is 18.2 Å². The molecule has 134 valence electrons. The van der Waals surface area contributed by atoms with Crippen LogP contribution < -0.4 is 5.32 Å². The summed E-state index contributed by atoms with van der Waals surface area (Å²) in [6, 6.07) is 22.5. The molecule has 0 saturated heterocycles. The Kier molecular flexibility index (Phi) is 6.23. The highest BCUT2D eigenvalue weighted by Crippen LogP contribution is 2.29. The first-order valence-electron chi connectivity index (χ1n) is 8.28. The number of benzene rings is 3. The molecule has 0 amide bonds. The molecule has 0 saturated carbocycles. The van der Waals surface area contributed by atoms with Gasteiger partial charge in [0.25, 0.3) is 0 Å². The SMILES string of the molecule is O[C@](C[NH2+]Cc1ccc(Cl)c(Cl)c1)(c1ccccc1)c1ccc(Cl)cc1. The Labute approximate surface area is 168 Å². The number of rotatable bonds is 6. The van der Waals surface area contributed by atoms with Gasteiger partial charge in [0.1, 0.15) is 13.1 Å². The van der Waals surface area contributed by atoms with Gasteiger partial charge in [0, 0.05) is 10.6 Å². The molecule has 0 unspecified atom stereocenters. The summed E-state index contributed by atoms with van der Waals surface area (Å²) in [5.74, 6) is 0. The molecule has 0 spiro atoms. The van der Waals surface area contributed by atoms with Crippen LogP contribution in [-0.2, 0) is 12.1 Å². The van der Waals surface area contributed by atoms with Crippen LogP contribution in [0.25, 0.3) is 0 Å². The molecule has 0 aliphatic carbocycles. The topological polar surface area (TPSA) is 36.8 Å². The summed E-state index contributed by atoms with van der Waals surface area (Å²) in [5.41, 5.74) is 1.57. The van der Waals surface area contributed by atoms with Gasteiger partial charge in [-0.25, -0.2) is 0 Å². The Balaban J connectivity index is 1.82. The molecule has 0 bridgehead atoms. The smallest absolute Gasteiger partial charge is 0.163 e. The minimum Gasteiger partial charge on any atom is -0.375 e. The van der Waals surface area contributed by atoms with Crippen molar-refractivity contribution >= 4 is 34.8 Å². The molecule has 3 aromatic carbocycles. The maximum absolute atomic E-state index is 11.5. The third-order valence-corrected chi connectivity index (χ3v) is 5.37. The zero-order chi connectivity index (χ0) is 18.6. The Morgan fingerprint density at radius 1 is 0.769 bits per heavy atom. The average molecular weight is 408 g/mol. The molecule has 0 aliphatic heterocycles. The maximum atomic E-state index is 11.5. The Hall–Kier alpha value is -1.55. The minimum absolute atomic E-state index is 0.457. The van der Waals surface area contributed by atoms with Gasteiger partial charge in [0.05, 0.1) is 10.0 Å². The molecule has 0 heterocycles. The van der Waals surface area contributed by atoms with Gasteiger partial charge in [-0.1, -0.05) is 83.3 Å². The van der Waals surface area contributed by atoms with E-state index in [0.29, 0.717) is 28.2 Å². The second kappa shape index (κ2) is 8.43. The summed E-state index contributed by atoms with van der Waals surface area (Å²) in [4.78, 5) is 0. The van der Waals surface area contributed by atoms with Crippen molar-refractivity contribution in [1.82, 2.24) is 0 Å². The number of aliphatic hydroxyl groups is 1. The molecular weight excluding hydrogens is 389 g/mol. The monoisotopic (exact) mass is 406 g/mol. The summed E-state index contributed by atoms with van der Waals surface area (Å²) in [5, 5.41) is 15.3. The van der Waals surface area contributed by atoms with E-state index in [9.17, 15) is 5.11 Å². The Morgan fingerprint density at radius 3 is 2.08 bits per heavy atom. The molecule has 5 heteroatoms. The first-order valence-corrected chi connectivity index (χ1v) is 9.42. The van der Waals surface area contributed by atoms with E-state index >= 15 is 0 Å². The van der Waals surface area contributed by atoms with E-state index in [-0.39, 0.29) is 0 Å². The Morgan fingerprint density at radius 2 is 1.42 bits per heavy atom. The standard InChI is InChI=1S/C21H18Cl3NO/c22-18-9-7-17(8-10-18)21(26,16-4-2-1-3-5-16)14-25-13-15-6-11-19(23)20(24)12-15/h1-12,25-26H,13-14H2/p+1/t21-/m1/s1. The van der Waals surface area contributed by atoms with Crippen molar-refractivity contribution in [3.8, 4) is 0 Å². The van der Waals surface area contributed by atoms with Crippen molar-refractivity contribution in [3.05, 3.63) is 105 Å². The van der Waals surface area contributed by atoms with Crippen LogP contribution in [0.5, 0.6) is 0 Å². The highest BCUT2D eigenvalue weighted by Gasteiger charge is 2.33. The number of hydrogen-bond acceptors (Lipinski definition) is 1. The molecule has 0 aromatic heterocycles. The van der Waals surface area contributed by atoms with Gasteiger partial charge >= 0.3 is 0 Å². The van der Waals surface area contributed by atoms with Crippen molar-refractivity contribution in [2.24, 2.45) is 0 Å². The summed E-state index contributed by atoms with van der Waals surface area (Å²) in [7, 11) is 0. The van der Waals surface area contributed by atoms with Gasteiger partial charge in [-0.2, -0.15) is 0 Å². The first kappa shape index (κ1) is 19.2. The van der Waals surface area contributed by atoms with E-state index in [1.807, 2.05) is 54.6 Å². The highest BCUT2D eigenvalue weighted by atomic mass is 35.5. The molecule has 3 rings (SSSR count). The van der Waals surface area contributed by atoms with Gasteiger partial charge < -0.3 is 10.4 Å². The third kappa shape index (κ3) is 4.40. The van der Waals surface area contributed by atoms with Crippen molar-refractivity contribution < 1.29 is 10.4 Å². The van der Waals surface area contributed by atoms with E-state index < -0.39 is 5.60 Å². The van der Waals surface area contributed by atoms with Crippen molar-refractivity contribution in [2.45, 2.75) is 12.1 Å². The van der Waals surface area contributed by atoms with Gasteiger partial charge in [-0.05, 0) is 35.4 Å². The van der Waals surface area contributed by atoms with E-state index in [1.165, 1.54) is 0 Å². The minimum atomic E-state index is -1.12. The Bertz CT molecular complexity index is 868. The highest BCUT2D eigenvalue weighted by molar-refractivity contribution is 6.42. The quantitative estimate of drug-likeness (QED) is 0.613. The second-order valence-electron chi connectivity index (χ2n) is 6.18. The molecular formula is C21H19Cl3NO+. The maximum Gasteiger partial charge on any atom is 0.163 e. The van der Waals surface area contributed by atoms with Crippen LogP contribution in [0, 0.1) is 0 Å². The van der Waals surface area contributed by atoms with Crippen molar-refractivity contribution in [1.29, 1.82) is 0 Å². The predicted octanol–water partition coefficient (Wildman–Crippen LogP) is 4.65. The number of hydrogen-bond donors (Lipinski definition) is 2. The molecule has 3 aromatic rings. The van der Waals surface area contributed by atoms with Crippen LogP contribution >= 0.6 is 34.8 Å². The lowest BCUT2D eigenvalue weighted by Crippen LogP contribution is -2.86. The number of quaternary nitrogens is 1. The molecule has 0 radical (unpaired) electrons. The largest absolute Gasteiger partial charge is 0.375 e. The summed E-state index contributed by atoms with van der Waals surface area (Å²) < 4.78 is 0. The third-order valence-electron chi connectivity index (χ3n) is 4.38. The normalized spacial score (nSPS) is 13.4. The molecule has 2 nitrogen and oxygen atoms in total. The van der Waals surface area contributed by atoms with E-state index in [2.05, 4.69) is 5.32 Å². The number of halogens is 3. The van der Waals surface area contributed by atoms with Crippen LogP contribution in [0.15, 0.2) is 72.8 Å². The summed E-state index contributed by atoms with van der Waals surface area (Å²) in [6.07, 6.45) is 0. The lowest BCUT2D eigenvalue weighted by molar-refractivity contribution is -0.682. The fraction of sp³-hybridized carbons (Fsp3) is 0.143. The molecule has 0 aliphatic rings. The zero-order valence-corrected chi connectivity index (χ0v) is 16.3. The summed E-state index contributed by atoms with van der Waals surface area (Å²) in [6.45, 7) is 1.14. The first-order chi connectivity index (χ1) is 12.5. The van der Waals surface area contributed by atoms with Crippen LogP contribution in [0.2, 0.25) is 15.1 Å². The average Bonchev–Trinajstić information content (AvgIpc) is 2.66. The van der Waals surface area contributed by atoms with E-state index in [4.69, 9.17) is 34.8 Å². The fourth-order valence-corrected chi connectivity index (χ4v) is 3.40. The van der Waals surface area contributed by atoms with E-state index in [0.717, 1.165) is 16.7 Å². The van der Waals surface area contributed by atoms with Crippen LogP contribution in [0.4, 0.5) is 0 Å². The van der Waals surface area contributed by atoms with Crippen LogP contribution in [-0.4, -0.2) is 11.7 Å². The van der Waals surface area contributed by atoms with Gasteiger partial charge in [-0.3, -0.25) is 0 Å². The van der Waals surface area contributed by atoms with Gasteiger partial charge in [-0.15, -0.1) is 0 Å². The van der Waals surface area contributed by atoms with Gasteiger partial charge in [0.2, 0.25) is 0 Å². The molecule has 0 fully saturated rings.